The van der Waals surface area contributed by atoms with Gasteiger partial charge in [0.1, 0.15) is 0 Å². The molecule has 0 aliphatic heterocycles. The smallest absolute Gasteiger partial charge is 0.221 e. The molecule has 1 aliphatic rings. The van der Waals surface area contributed by atoms with Crippen LogP contribution in [0.3, 0.4) is 0 Å². The SMILES string of the molecule is COc1cc(NCCC(=O)NCCC2=CCCCC2)cc(OC)c1OC. The van der Waals surface area contributed by atoms with Crippen LogP contribution >= 0.6 is 0 Å². The van der Waals surface area contributed by atoms with Gasteiger partial charge in [0.2, 0.25) is 11.7 Å². The normalized spacial score (nSPS) is 13.6. The Bertz CT molecular complexity index is 603. The molecule has 6 nitrogen and oxygen atoms in total. The fourth-order valence-corrected chi connectivity index (χ4v) is 3.09. The second-order valence-electron chi connectivity index (χ2n) is 6.30. The minimum absolute atomic E-state index is 0.0568. The van der Waals surface area contributed by atoms with Crippen molar-refractivity contribution < 1.29 is 19.0 Å². The molecule has 6 heteroatoms. The van der Waals surface area contributed by atoms with Gasteiger partial charge in [-0.25, -0.2) is 0 Å². The van der Waals surface area contributed by atoms with Crippen molar-refractivity contribution in [1.29, 1.82) is 0 Å². The molecule has 0 fully saturated rings. The van der Waals surface area contributed by atoms with E-state index in [-0.39, 0.29) is 5.91 Å². The second kappa shape index (κ2) is 10.6. The summed E-state index contributed by atoms with van der Waals surface area (Å²) in [5.41, 5.74) is 2.30. The topological polar surface area (TPSA) is 68.8 Å². The first-order valence-electron chi connectivity index (χ1n) is 9.16. The minimum Gasteiger partial charge on any atom is -0.493 e. The maximum absolute atomic E-state index is 12.0. The molecule has 0 heterocycles. The molecule has 0 atom stereocenters. The Labute approximate surface area is 155 Å². The summed E-state index contributed by atoms with van der Waals surface area (Å²) in [6, 6.07) is 3.66. The first kappa shape index (κ1) is 19.9. The summed E-state index contributed by atoms with van der Waals surface area (Å²) in [4.78, 5) is 12.0. The molecule has 2 N–H and O–H groups in total. The molecule has 0 spiro atoms. The van der Waals surface area contributed by atoms with Crippen LogP contribution in [0, 0.1) is 0 Å². The molecular formula is C20H30N2O4. The van der Waals surface area contributed by atoms with E-state index in [1.54, 1.807) is 21.3 Å². The van der Waals surface area contributed by atoms with Crippen molar-refractivity contribution in [2.75, 3.05) is 39.7 Å². The second-order valence-corrected chi connectivity index (χ2v) is 6.30. The molecule has 1 aliphatic carbocycles. The number of hydrogen-bond acceptors (Lipinski definition) is 5. The highest BCUT2D eigenvalue weighted by molar-refractivity contribution is 5.76. The number of carbonyl (C=O) groups is 1. The zero-order valence-corrected chi connectivity index (χ0v) is 16.0. The highest BCUT2D eigenvalue weighted by atomic mass is 16.5. The highest BCUT2D eigenvalue weighted by Gasteiger charge is 2.13. The molecule has 144 valence electrons. The third-order valence-corrected chi connectivity index (χ3v) is 4.50. The molecule has 26 heavy (non-hydrogen) atoms. The Hall–Kier alpha value is -2.37. The molecule has 0 unspecified atom stereocenters. The van der Waals surface area contributed by atoms with Crippen molar-refractivity contribution in [3.63, 3.8) is 0 Å². The van der Waals surface area contributed by atoms with Crippen LogP contribution in [0.15, 0.2) is 23.8 Å². The van der Waals surface area contributed by atoms with E-state index in [9.17, 15) is 4.79 Å². The average Bonchev–Trinajstić information content (AvgIpc) is 2.68. The van der Waals surface area contributed by atoms with E-state index in [0.717, 1.165) is 18.7 Å². The number of nitrogens with one attached hydrogen (secondary N) is 2. The van der Waals surface area contributed by atoms with E-state index < -0.39 is 0 Å². The third-order valence-electron chi connectivity index (χ3n) is 4.50. The van der Waals surface area contributed by atoms with E-state index >= 15 is 0 Å². The summed E-state index contributed by atoms with van der Waals surface area (Å²) in [7, 11) is 4.73. The molecule has 1 aromatic carbocycles. The maximum Gasteiger partial charge on any atom is 0.221 e. The first-order valence-corrected chi connectivity index (χ1v) is 9.16. The van der Waals surface area contributed by atoms with Crippen LogP contribution in [0.1, 0.15) is 38.5 Å². The number of hydrogen-bond donors (Lipinski definition) is 2. The van der Waals surface area contributed by atoms with Crippen LogP contribution in [0.2, 0.25) is 0 Å². The van der Waals surface area contributed by atoms with Crippen LogP contribution in [0.5, 0.6) is 17.2 Å². The van der Waals surface area contributed by atoms with Crippen molar-refractivity contribution in [3.8, 4) is 17.2 Å². The van der Waals surface area contributed by atoms with E-state index in [1.165, 1.54) is 31.3 Å². The van der Waals surface area contributed by atoms with Crippen molar-refractivity contribution in [1.82, 2.24) is 5.32 Å². The van der Waals surface area contributed by atoms with Crippen LogP contribution < -0.4 is 24.8 Å². The number of allylic oxidation sites excluding steroid dienone is 1. The summed E-state index contributed by atoms with van der Waals surface area (Å²) in [6.07, 6.45) is 8.63. The Morgan fingerprint density at radius 2 is 1.77 bits per heavy atom. The van der Waals surface area contributed by atoms with Gasteiger partial charge < -0.3 is 24.8 Å². The summed E-state index contributed by atoms with van der Waals surface area (Å²) in [5, 5.41) is 6.22. The molecule has 1 aromatic rings. The van der Waals surface area contributed by atoms with Crippen molar-refractivity contribution in [3.05, 3.63) is 23.8 Å². The molecule has 0 aromatic heterocycles. The van der Waals surface area contributed by atoms with E-state index in [1.807, 2.05) is 12.1 Å². The third kappa shape index (κ3) is 5.86. The van der Waals surface area contributed by atoms with E-state index in [2.05, 4.69) is 16.7 Å². The van der Waals surface area contributed by atoms with Crippen LogP contribution in [0.4, 0.5) is 5.69 Å². The predicted octanol–water partition coefficient (Wildman–Crippen LogP) is 3.52. The number of ether oxygens (including phenoxy) is 3. The monoisotopic (exact) mass is 362 g/mol. The van der Waals surface area contributed by atoms with Gasteiger partial charge in [-0.05, 0) is 32.1 Å². The molecule has 1 amide bonds. The number of amides is 1. The molecular weight excluding hydrogens is 332 g/mol. The number of carbonyl (C=O) groups excluding carboxylic acids is 1. The Morgan fingerprint density at radius 3 is 2.35 bits per heavy atom. The van der Waals surface area contributed by atoms with Crippen LogP contribution in [0.25, 0.3) is 0 Å². The van der Waals surface area contributed by atoms with Gasteiger partial charge >= 0.3 is 0 Å². The van der Waals surface area contributed by atoms with Gasteiger partial charge in [-0.15, -0.1) is 0 Å². The average molecular weight is 362 g/mol. The fraction of sp³-hybridized carbons (Fsp3) is 0.550. The first-order chi connectivity index (χ1) is 12.7. The van der Waals surface area contributed by atoms with E-state index in [4.69, 9.17) is 14.2 Å². The fourth-order valence-electron chi connectivity index (χ4n) is 3.09. The van der Waals surface area contributed by atoms with Gasteiger partial charge in [0.25, 0.3) is 0 Å². The number of rotatable bonds is 10. The lowest BCUT2D eigenvalue weighted by molar-refractivity contribution is -0.120. The van der Waals surface area contributed by atoms with Gasteiger partial charge in [0.15, 0.2) is 11.5 Å². The molecule has 2 rings (SSSR count). The van der Waals surface area contributed by atoms with Crippen LogP contribution in [-0.4, -0.2) is 40.3 Å². The van der Waals surface area contributed by atoms with Crippen molar-refractivity contribution >= 4 is 11.6 Å². The van der Waals surface area contributed by atoms with Crippen molar-refractivity contribution in [2.24, 2.45) is 0 Å². The molecule has 0 radical (unpaired) electrons. The predicted molar refractivity (Wildman–Crippen MR) is 103 cm³/mol. The number of anilines is 1. The Balaban J connectivity index is 1.76. The lowest BCUT2D eigenvalue weighted by atomic mass is 9.97. The van der Waals surface area contributed by atoms with Crippen LogP contribution in [-0.2, 0) is 4.79 Å². The summed E-state index contributed by atoms with van der Waals surface area (Å²) in [5.74, 6) is 1.77. The quantitative estimate of drug-likeness (QED) is 0.623. The van der Waals surface area contributed by atoms with Gasteiger partial charge in [-0.2, -0.15) is 0 Å². The standard InChI is InChI=1S/C20H30N2O4/c1-24-17-13-16(14-18(25-2)20(17)26-3)21-12-10-19(23)22-11-9-15-7-5-4-6-8-15/h7,13-14,21H,4-6,8-12H2,1-3H3,(H,22,23). The lowest BCUT2D eigenvalue weighted by Gasteiger charge is -2.15. The maximum atomic E-state index is 12.0. The molecule has 0 saturated heterocycles. The Kier molecular flexibility index (Phi) is 8.12. The van der Waals surface area contributed by atoms with Gasteiger partial charge in [0.05, 0.1) is 21.3 Å². The minimum atomic E-state index is 0.0568. The Morgan fingerprint density at radius 1 is 1.04 bits per heavy atom. The highest BCUT2D eigenvalue weighted by Crippen LogP contribution is 2.39. The van der Waals surface area contributed by atoms with Gasteiger partial charge in [-0.1, -0.05) is 11.6 Å². The summed E-state index contributed by atoms with van der Waals surface area (Å²) in [6.45, 7) is 1.25. The largest absolute Gasteiger partial charge is 0.493 e. The zero-order chi connectivity index (χ0) is 18.8. The lowest BCUT2D eigenvalue weighted by Crippen LogP contribution is -2.26. The van der Waals surface area contributed by atoms with Crippen molar-refractivity contribution in [2.45, 2.75) is 38.5 Å². The zero-order valence-electron chi connectivity index (χ0n) is 16.0. The summed E-state index contributed by atoms with van der Waals surface area (Å²) < 4.78 is 16.0. The molecule has 0 bridgehead atoms. The summed E-state index contributed by atoms with van der Waals surface area (Å²) >= 11 is 0. The van der Waals surface area contributed by atoms with E-state index in [0.29, 0.717) is 30.2 Å². The van der Waals surface area contributed by atoms with Gasteiger partial charge in [0, 0.05) is 37.3 Å². The van der Waals surface area contributed by atoms with Gasteiger partial charge in [-0.3, -0.25) is 4.79 Å². The number of methoxy groups -OCH3 is 3. The molecule has 0 saturated carbocycles. The number of benzene rings is 1.